The highest BCUT2D eigenvalue weighted by molar-refractivity contribution is 7.09. The van der Waals surface area contributed by atoms with Crippen molar-refractivity contribution >= 4 is 29.0 Å². The maximum absolute atomic E-state index is 13.0. The zero-order chi connectivity index (χ0) is 14.5. The van der Waals surface area contributed by atoms with Crippen LogP contribution in [0, 0.1) is 5.82 Å². The van der Waals surface area contributed by atoms with E-state index in [4.69, 9.17) is 5.11 Å². The van der Waals surface area contributed by atoms with Gasteiger partial charge in [0.15, 0.2) is 0 Å². The third-order valence-electron chi connectivity index (χ3n) is 2.46. The van der Waals surface area contributed by atoms with Crippen molar-refractivity contribution < 1.29 is 19.1 Å². The number of urea groups is 1. The Morgan fingerprint density at radius 2 is 2.10 bits per heavy atom. The van der Waals surface area contributed by atoms with Gasteiger partial charge in [0, 0.05) is 4.88 Å². The van der Waals surface area contributed by atoms with Gasteiger partial charge < -0.3 is 15.7 Å². The zero-order valence-electron chi connectivity index (χ0n) is 10.2. The van der Waals surface area contributed by atoms with Crippen LogP contribution in [0.25, 0.3) is 0 Å². The number of nitrogens with one attached hydrogen (secondary N) is 2. The summed E-state index contributed by atoms with van der Waals surface area (Å²) in [6, 6.07) is 6.34. The molecule has 2 aromatic rings. The highest BCUT2D eigenvalue weighted by Gasteiger charge is 2.13. The topological polar surface area (TPSA) is 78.4 Å². The van der Waals surface area contributed by atoms with Crippen LogP contribution in [0.1, 0.15) is 15.2 Å². The molecule has 5 nitrogen and oxygen atoms in total. The second-order valence-electron chi connectivity index (χ2n) is 3.88. The Bertz CT molecular complexity index is 629. The van der Waals surface area contributed by atoms with Crippen molar-refractivity contribution in [3.8, 4) is 0 Å². The van der Waals surface area contributed by atoms with Crippen molar-refractivity contribution in [2.45, 2.75) is 6.54 Å². The first-order valence-corrected chi connectivity index (χ1v) is 6.54. The predicted octanol–water partition coefficient (Wildman–Crippen LogP) is 2.91. The highest BCUT2D eigenvalue weighted by Crippen LogP contribution is 2.17. The van der Waals surface area contributed by atoms with Crippen LogP contribution < -0.4 is 10.6 Å². The number of carbonyl (C=O) groups is 2. The fourth-order valence-electron chi connectivity index (χ4n) is 1.55. The minimum Gasteiger partial charge on any atom is -0.478 e. The summed E-state index contributed by atoms with van der Waals surface area (Å²) in [7, 11) is 0. The van der Waals surface area contributed by atoms with Crippen LogP contribution in [0.5, 0.6) is 0 Å². The Morgan fingerprint density at radius 3 is 2.75 bits per heavy atom. The van der Waals surface area contributed by atoms with Gasteiger partial charge in [-0.3, -0.25) is 0 Å². The molecule has 0 aliphatic heterocycles. The van der Waals surface area contributed by atoms with E-state index >= 15 is 0 Å². The molecule has 0 unspecified atom stereocenters. The zero-order valence-corrected chi connectivity index (χ0v) is 11.0. The lowest BCUT2D eigenvalue weighted by Gasteiger charge is -2.09. The molecule has 0 bridgehead atoms. The predicted molar refractivity (Wildman–Crippen MR) is 73.5 cm³/mol. The SMILES string of the molecule is O=C(NCc1cccs1)Nc1ccc(F)cc1C(=O)O. The summed E-state index contributed by atoms with van der Waals surface area (Å²) < 4.78 is 13.0. The molecule has 3 N–H and O–H groups in total. The van der Waals surface area contributed by atoms with Gasteiger partial charge in [0.05, 0.1) is 17.8 Å². The molecular formula is C13H11FN2O3S. The molecule has 2 amide bonds. The molecule has 1 aromatic heterocycles. The Hall–Kier alpha value is -2.41. The van der Waals surface area contributed by atoms with Crippen LogP contribution in [0.4, 0.5) is 14.9 Å². The number of carboxylic acids is 1. The molecule has 0 aliphatic carbocycles. The summed E-state index contributed by atoms with van der Waals surface area (Å²) in [5.74, 6) is -1.98. The number of rotatable bonds is 4. The van der Waals surface area contributed by atoms with Gasteiger partial charge in [0.25, 0.3) is 0 Å². The van der Waals surface area contributed by atoms with Gasteiger partial charge in [0.2, 0.25) is 0 Å². The summed E-state index contributed by atoms with van der Waals surface area (Å²) in [5, 5.41) is 15.8. The number of halogens is 1. The number of thiophene rings is 1. The van der Waals surface area contributed by atoms with Gasteiger partial charge in [-0.25, -0.2) is 14.0 Å². The number of benzene rings is 1. The van der Waals surface area contributed by atoms with Gasteiger partial charge in [-0.1, -0.05) is 6.07 Å². The maximum atomic E-state index is 13.0. The van der Waals surface area contributed by atoms with E-state index in [-0.39, 0.29) is 11.3 Å². The summed E-state index contributed by atoms with van der Waals surface area (Å²) >= 11 is 1.50. The van der Waals surface area contributed by atoms with Gasteiger partial charge in [0.1, 0.15) is 5.82 Å². The lowest BCUT2D eigenvalue weighted by atomic mass is 10.2. The average molecular weight is 294 g/mol. The van der Waals surface area contributed by atoms with E-state index in [2.05, 4.69) is 10.6 Å². The Morgan fingerprint density at radius 1 is 1.30 bits per heavy atom. The molecule has 0 saturated carbocycles. The van der Waals surface area contributed by atoms with Crippen LogP contribution in [-0.2, 0) is 6.54 Å². The standard InChI is InChI=1S/C13H11FN2O3S/c14-8-3-4-11(10(6-8)12(17)18)16-13(19)15-7-9-2-1-5-20-9/h1-6H,7H2,(H,17,18)(H2,15,16,19). The number of anilines is 1. The quantitative estimate of drug-likeness (QED) is 0.811. The van der Waals surface area contributed by atoms with Crippen molar-refractivity contribution in [3.05, 3.63) is 52.0 Å². The average Bonchev–Trinajstić information content (AvgIpc) is 2.91. The normalized spacial score (nSPS) is 10.1. The fraction of sp³-hybridized carbons (Fsp3) is 0.0769. The van der Waals surface area contributed by atoms with Crippen LogP contribution in [0.3, 0.4) is 0 Å². The second-order valence-corrected chi connectivity index (χ2v) is 4.91. The van der Waals surface area contributed by atoms with Crippen LogP contribution in [-0.4, -0.2) is 17.1 Å². The van der Waals surface area contributed by atoms with E-state index < -0.39 is 17.8 Å². The Labute approximate surface area is 118 Å². The number of hydrogen-bond acceptors (Lipinski definition) is 3. The number of hydrogen-bond donors (Lipinski definition) is 3. The van der Waals surface area contributed by atoms with Crippen molar-refractivity contribution in [1.29, 1.82) is 0 Å². The third kappa shape index (κ3) is 3.55. The van der Waals surface area contributed by atoms with Crippen molar-refractivity contribution in [2.24, 2.45) is 0 Å². The summed E-state index contributed by atoms with van der Waals surface area (Å²) in [6.45, 7) is 0.340. The van der Waals surface area contributed by atoms with Crippen LogP contribution in [0.15, 0.2) is 35.7 Å². The molecule has 2 rings (SSSR count). The molecule has 0 radical (unpaired) electrons. The minimum absolute atomic E-state index is 0.0441. The lowest BCUT2D eigenvalue weighted by Crippen LogP contribution is -2.28. The van der Waals surface area contributed by atoms with E-state index in [0.717, 1.165) is 17.0 Å². The van der Waals surface area contributed by atoms with E-state index in [0.29, 0.717) is 6.54 Å². The smallest absolute Gasteiger partial charge is 0.337 e. The maximum Gasteiger partial charge on any atom is 0.337 e. The highest BCUT2D eigenvalue weighted by atomic mass is 32.1. The van der Waals surface area contributed by atoms with Gasteiger partial charge in [-0.15, -0.1) is 11.3 Å². The van der Waals surface area contributed by atoms with Crippen molar-refractivity contribution in [2.75, 3.05) is 5.32 Å². The van der Waals surface area contributed by atoms with E-state index in [1.807, 2.05) is 17.5 Å². The molecule has 0 atom stereocenters. The first-order valence-electron chi connectivity index (χ1n) is 5.66. The molecule has 0 saturated heterocycles. The number of aromatic carboxylic acids is 1. The third-order valence-corrected chi connectivity index (χ3v) is 3.34. The molecule has 7 heteroatoms. The molecule has 0 spiro atoms. The largest absolute Gasteiger partial charge is 0.478 e. The molecule has 0 aliphatic rings. The second kappa shape index (κ2) is 6.16. The molecule has 1 aromatic carbocycles. The van der Waals surface area contributed by atoms with Crippen LogP contribution >= 0.6 is 11.3 Å². The van der Waals surface area contributed by atoms with E-state index in [9.17, 15) is 14.0 Å². The van der Waals surface area contributed by atoms with E-state index in [1.54, 1.807) is 0 Å². The molecule has 1 heterocycles. The lowest BCUT2D eigenvalue weighted by molar-refractivity contribution is 0.0697. The monoisotopic (exact) mass is 294 g/mol. The number of carboxylic acid groups (broad SMARTS) is 1. The molecule has 20 heavy (non-hydrogen) atoms. The first-order chi connectivity index (χ1) is 9.56. The fourth-order valence-corrected chi connectivity index (χ4v) is 2.19. The minimum atomic E-state index is -1.31. The summed E-state index contributed by atoms with van der Waals surface area (Å²) in [5.41, 5.74) is -0.251. The number of amides is 2. The first kappa shape index (κ1) is 14.0. The number of carbonyl (C=O) groups excluding carboxylic acids is 1. The summed E-state index contributed by atoms with van der Waals surface area (Å²) in [6.07, 6.45) is 0. The summed E-state index contributed by atoms with van der Waals surface area (Å²) in [4.78, 5) is 23.6. The van der Waals surface area contributed by atoms with E-state index in [1.165, 1.54) is 17.4 Å². The Kier molecular flexibility index (Phi) is 4.31. The molecular weight excluding hydrogens is 283 g/mol. The van der Waals surface area contributed by atoms with Crippen molar-refractivity contribution in [1.82, 2.24) is 5.32 Å². The van der Waals surface area contributed by atoms with Crippen LogP contribution in [0.2, 0.25) is 0 Å². The van der Waals surface area contributed by atoms with Gasteiger partial charge in [-0.2, -0.15) is 0 Å². The van der Waals surface area contributed by atoms with Gasteiger partial charge in [-0.05, 0) is 29.6 Å². The molecule has 104 valence electrons. The Balaban J connectivity index is 2.02. The van der Waals surface area contributed by atoms with Crippen molar-refractivity contribution in [3.63, 3.8) is 0 Å². The molecule has 0 fully saturated rings. The van der Waals surface area contributed by atoms with Gasteiger partial charge >= 0.3 is 12.0 Å².